The molecule has 40 heavy (non-hydrogen) atoms. The summed E-state index contributed by atoms with van der Waals surface area (Å²) in [4.78, 5) is 25.9. The SMILES string of the molecule is [B]C1=CC=CCC=C1N1N=C(CN/N=C(\N)C(F)(F)C(F)(F)F)C2CC21C(=O)NC1=C(C)C=C(O)CC1C(N)=O. The van der Waals surface area contributed by atoms with Crippen LogP contribution in [0, 0.1) is 11.8 Å². The molecular weight excluding hydrogens is 540 g/mol. The number of nitrogens with zero attached hydrogens (tertiary/aromatic N) is 3. The van der Waals surface area contributed by atoms with E-state index in [1.54, 1.807) is 25.2 Å². The molecule has 2 radical (unpaired) electrons. The van der Waals surface area contributed by atoms with E-state index < -0.39 is 53.7 Å². The zero-order valence-corrected chi connectivity index (χ0v) is 21.1. The van der Waals surface area contributed by atoms with Crippen molar-refractivity contribution in [1.29, 1.82) is 0 Å². The van der Waals surface area contributed by atoms with Crippen molar-refractivity contribution >= 4 is 31.2 Å². The minimum absolute atomic E-state index is 0.0779. The summed E-state index contributed by atoms with van der Waals surface area (Å²) in [5.74, 6) is -10.4. The summed E-state index contributed by atoms with van der Waals surface area (Å²) in [5.41, 5.74) is 12.6. The standard InChI is InChI=1S/C24H25BF5N7O3/c1-11-7-12(38)8-13(19(31)39)18(11)34-21(40)22-9-14(22)16(10-33-35-20(32)23(26,27)24(28,29)30)36-37(22)17-6-4-2-3-5-15(17)25/h2-3,5-7,13-14,33,38H,4,8-10H2,1H3,(H2,31,39)(H2,32,35)(H,34,40). The molecule has 1 saturated carbocycles. The molecule has 0 saturated heterocycles. The highest BCUT2D eigenvalue weighted by Crippen LogP contribution is 2.56. The zero-order chi connectivity index (χ0) is 29.6. The van der Waals surface area contributed by atoms with E-state index in [-0.39, 0.29) is 35.5 Å². The number of nitrogens with one attached hydrogen (secondary N) is 2. The van der Waals surface area contributed by atoms with Crippen LogP contribution in [0.5, 0.6) is 0 Å². The number of halogens is 5. The van der Waals surface area contributed by atoms with Gasteiger partial charge in [0.15, 0.2) is 11.4 Å². The normalized spacial score (nSPS) is 26.8. The second kappa shape index (κ2) is 10.1. The lowest BCUT2D eigenvalue weighted by molar-refractivity contribution is -0.249. The third-order valence-corrected chi connectivity index (χ3v) is 7.02. The molecule has 0 aromatic carbocycles. The molecule has 0 spiro atoms. The Balaban J connectivity index is 1.63. The van der Waals surface area contributed by atoms with Crippen LogP contribution < -0.4 is 22.2 Å². The van der Waals surface area contributed by atoms with Gasteiger partial charge in [0.2, 0.25) is 5.91 Å². The van der Waals surface area contributed by atoms with Gasteiger partial charge in [-0.15, -0.1) is 0 Å². The number of amidine groups is 1. The van der Waals surface area contributed by atoms with Crippen LogP contribution in [0.3, 0.4) is 0 Å². The van der Waals surface area contributed by atoms with Crippen molar-refractivity contribution in [2.45, 2.75) is 43.8 Å². The van der Waals surface area contributed by atoms with Gasteiger partial charge in [-0.3, -0.25) is 14.6 Å². The first kappa shape index (κ1) is 28.9. The number of alkyl halides is 5. The Kier molecular flexibility index (Phi) is 7.32. The Bertz CT molecular complexity index is 1350. The fourth-order valence-corrected chi connectivity index (χ4v) is 4.84. The van der Waals surface area contributed by atoms with Crippen molar-refractivity contribution in [1.82, 2.24) is 15.8 Å². The Morgan fingerprint density at radius 3 is 2.65 bits per heavy atom. The van der Waals surface area contributed by atoms with Gasteiger partial charge in [0.05, 0.1) is 23.9 Å². The molecule has 4 aliphatic rings. The number of aliphatic hydroxyl groups is 1. The monoisotopic (exact) mass is 565 g/mol. The van der Waals surface area contributed by atoms with Gasteiger partial charge in [-0.05, 0) is 31.4 Å². The molecule has 0 bridgehead atoms. The highest BCUT2D eigenvalue weighted by Gasteiger charge is 2.70. The first-order valence-corrected chi connectivity index (χ1v) is 12.0. The summed E-state index contributed by atoms with van der Waals surface area (Å²) in [6.07, 6.45) is 2.83. The maximum absolute atomic E-state index is 13.8. The van der Waals surface area contributed by atoms with E-state index in [0.29, 0.717) is 17.7 Å². The Labute approximate surface area is 226 Å². The van der Waals surface area contributed by atoms with Gasteiger partial charge in [0.25, 0.3) is 5.91 Å². The maximum atomic E-state index is 13.8. The lowest BCUT2D eigenvalue weighted by Crippen LogP contribution is -2.49. The van der Waals surface area contributed by atoms with Crippen molar-refractivity contribution in [2.24, 2.45) is 33.5 Å². The van der Waals surface area contributed by atoms with E-state index in [9.17, 15) is 36.6 Å². The summed E-state index contributed by atoms with van der Waals surface area (Å²) in [7, 11) is 6.20. The van der Waals surface area contributed by atoms with Crippen molar-refractivity contribution in [3.63, 3.8) is 0 Å². The molecule has 10 nitrogen and oxygen atoms in total. The molecule has 212 valence electrons. The second-order valence-electron chi connectivity index (χ2n) is 9.71. The molecule has 3 atom stereocenters. The van der Waals surface area contributed by atoms with Gasteiger partial charge < -0.3 is 27.3 Å². The van der Waals surface area contributed by atoms with Crippen molar-refractivity contribution in [2.75, 3.05) is 6.54 Å². The van der Waals surface area contributed by atoms with E-state index in [1.165, 1.54) is 11.1 Å². The lowest BCUT2D eigenvalue weighted by atomic mass is 9.89. The first-order chi connectivity index (χ1) is 18.6. The Morgan fingerprint density at radius 1 is 1.30 bits per heavy atom. The fraction of sp³-hybridized carbons (Fsp3) is 0.417. The van der Waals surface area contributed by atoms with Crippen LogP contribution in [0.2, 0.25) is 0 Å². The molecule has 0 aromatic rings. The van der Waals surface area contributed by atoms with Gasteiger partial charge in [-0.25, -0.2) is 0 Å². The molecule has 3 unspecified atom stereocenters. The average Bonchev–Trinajstić information content (AvgIpc) is 3.58. The van der Waals surface area contributed by atoms with Gasteiger partial charge in [0.1, 0.15) is 7.85 Å². The quantitative estimate of drug-likeness (QED) is 0.0992. The third-order valence-electron chi connectivity index (χ3n) is 7.02. The van der Waals surface area contributed by atoms with Crippen LogP contribution >= 0.6 is 0 Å². The van der Waals surface area contributed by atoms with E-state index >= 15 is 0 Å². The van der Waals surface area contributed by atoms with E-state index in [4.69, 9.17) is 19.3 Å². The smallest absolute Gasteiger partial charge is 0.461 e. The largest absolute Gasteiger partial charge is 0.512 e. The number of carbonyl (C=O) groups excluding carboxylic acids is 2. The van der Waals surface area contributed by atoms with Gasteiger partial charge >= 0.3 is 12.1 Å². The molecule has 3 aliphatic carbocycles. The van der Waals surface area contributed by atoms with Gasteiger partial charge in [-0.1, -0.05) is 29.8 Å². The number of aliphatic hydroxyl groups excluding tert-OH is 1. The Hall–Kier alpha value is -4.11. The first-order valence-electron chi connectivity index (χ1n) is 12.0. The van der Waals surface area contributed by atoms with Crippen molar-refractivity contribution in [3.8, 4) is 0 Å². The Morgan fingerprint density at radius 2 is 2.00 bits per heavy atom. The van der Waals surface area contributed by atoms with Crippen molar-refractivity contribution in [3.05, 3.63) is 58.6 Å². The summed E-state index contributed by atoms with van der Waals surface area (Å²) in [6.45, 7) is 1.18. The number of hydrazone groups is 2. The predicted octanol–water partition coefficient (Wildman–Crippen LogP) is 1.71. The number of carbonyl (C=O) groups is 2. The van der Waals surface area contributed by atoms with Crippen LogP contribution in [0.25, 0.3) is 0 Å². The van der Waals surface area contributed by atoms with Gasteiger partial charge in [-0.2, -0.15) is 32.2 Å². The van der Waals surface area contributed by atoms with E-state index in [2.05, 4.69) is 20.9 Å². The van der Waals surface area contributed by atoms with Crippen molar-refractivity contribution < 1.29 is 36.6 Å². The number of hydrogen-bond acceptors (Lipinski definition) is 7. The molecule has 0 aromatic heterocycles. The molecule has 1 aliphatic heterocycles. The molecular formula is C24H25BF5N7O3. The topological polar surface area (TPSA) is 158 Å². The lowest BCUT2D eigenvalue weighted by Gasteiger charge is -2.31. The molecule has 1 heterocycles. The number of fused-ring (bicyclic) bond motifs is 1. The van der Waals surface area contributed by atoms with Gasteiger partial charge in [0, 0.05) is 23.7 Å². The van der Waals surface area contributed by atoms with Crippen LogP contribution in [0.4, 0.5) is 22.0 Å². The molecule has 7 N–H and O–H groups in total. The number of nitrogens with two attached hydrogens (primary N) is 2. The van der Waals surface area contributed by atoms with E-state index in [0.717, 1.165) is 0 Å². The summed E-state index contributed by atoms with van der Waals surface area (Å²) >= 11 is 0. The summed E-state index contributed by atoms with van der Waals surface area (Å²) < 4.78 is 64.6. The summed E-state index contributed by atoms with van der Waals surface area (Å²) in [5, 5.41) is 21.5. The maximum Gasteiger partial charge on any atom is 0.461 e. The molecule has 1 fully saturated rings. The second-order valence-corrected chi connectivity index (χ2v) is 9.71. The van der Waals surface area contributed by atoms with Crippen LogP contribution in [0.1, 0.15) is 26.2 Å². The van der Waals surface area contributed by atoms with Crippen LogP contribution in [-0.4, -0.2) is 65.5 Å². The minimum Gasteiger partial charge on any atom is -0.512 e. The van der Waals surface area contributed by atoms with E-state index in [1.807, 2.05) is 6.08 Å². The number of primary amides is 1. The number of hydrogen-bond donors (Lipinski definition) is 5. The predicted molar refractivity (Wildman–Crippen MR) is 135 cm³/mol. The molecule has 4 rings (SSSR count). The molecule has 16 heteroatoms. The number of allylic oxidation sites excluding steroid dienone is 8. The minimum atomic E-state index is -5.93. The highest BCUT2D eigenvalue weighted by atomic mass is 19.4. The number of amides is 2. The number of rotatable bonds is 8. The van der Waals surface area contributed by atoms with Crippen LogP contribution in [-0.2, 0) is 9.59 Å². The van der Waals surface area contributed by atoms with Crippen LogP contribution in [0.15, 0.2) is 68.8 Å². The third kappa shape index (κ3) is 4.97. The molecule has 2 amide bonds. The zero-order valence-electron chi connectivity index (χ0n) is 21.1. The fourth-order valence-electron chi connectivity index (χ4n) is 4.84. The average molecular weight is 565 g/mol. The summed E-state index contributed by atoms with van der Waals surface area (Å²) in [6, 6.07) is 0. The highest BCUT2D eigenvalue weighted by molar-refractivity contribution is 6.24.